The first-order chi connectivity index (χ1) is 8.76. The van der Waals surface area contributed by atoms with Gasteiger partial charge in [0.15, 0.2) is 0 Å². The Hall–Kier alpha value is -1.40. The second kappa shape index (κ2) is 5.97. The van der Waals surface area contributed by atoms with Gasteiger partial charge in [-0.2, -0.15) is 5.10 Å². The van der Waals surface area contributed by atoms with Gasteiger partial charge in [0, 0.05) is 25.3 Å². The second-order valence-electron chi connectivity index (χ2n) is 4.84. The van der Waals surface area contributed by atoms with Crippen molar-refractivity contribution >= 4 is 5.91 Å². The van der Waals surface area contributed by atoms with Crippen LogP contribution in [0.4, 0.5) is 0 Å². The number of carbonyl (C=O) groups excluding carboxylic acids is 1. The molecule has 1 saturated heterocycles. The Labute approximate surface area is 106 Å². The van der Waals surface area contributed by atoms with Crippen LogP contribution < -0.4 is 10.6 Å². The molecule has 2 rings (SSSR count). The highest BCUT2D eigenvalue weighted by Gasteiger charge is 2.32. The highest BCUT2D eigenvalue weighted by molar-refractivity contribution is 5.92. The maximum Gasteiger partial charge on any atom is 0.269 e. The summed E-state index contributed by atoms with van der Waals surface area (Å²) < 4.78 is 5.31. The molecular weight excluding hydrogens is 232 g/mol. The summed E-state index contributed by atoms with van der Waals surface area (Å²) in [7, 11) is 1.71. The van der Waals surface area contributed by atoms with E-state index in [0.29, 0.717) is 18.8 Å². The molecule has 0 saturated carbocycles. The molecule has 2 heterocycles. The molecule has 0 spiro atoms. The molecule has 100 valence electrons. The van der Waals surface area contributed by atoms with Gasteiger partial charge in [-0.05, 0) is 32.0 Å². The SMILES string of the molecule is COCC1(CNC(=O)c2ccn[nH]2)CCNCC1. The first kappa shape index (κ1) is 13.0. The second-order valence-corrected chi connectivity index (χ2v) is 4.84. The van der Waals surface area contributed by atoms with E-state index in [1.807, 2.05) is 0 Å². The molecule has 18 heavy (non-hydrogen) atoms. The van der Waals surface area contributed by atoms with Gasteiger partial charge in [-0.15, -0.1) is 0 Å². The molecule has 0 unspecified atom stereocenters. The molecule has 1 aliphatic rings. The third-order valence-electron chi connectivity index (χ3n) is 3.48. The van der Waals surface area contributed by atoms with Crippen LogP contribution >= 0.6 is 0 Å². The fourth-order valence-corrected chi connectivity index (χ4v) is 2.38. The van der Waals surface area contributed by atoms with Crippen molar-refractivity contribution in [3.8, 4) is 0 Å². The largest absolute Gasteiger partial charge is 0.384 e. The normalized spacial score (nSPS) is 18.5. The highest BCUT2D eigenvalue weighted by atomic mass is 16.5. The molecule has 0 aliphatic carbocycles. The molecule has 0 atom stereocenters. The van der Waals surface area contributed by atoms with Crippen LogP contribution in [-0.2, 0) is 4.74 Å². The van der Waals surface area contributed by atoms with Gasteiger partial charge in [0.2, 0.25) is 0 Å². The first-order valence-electron chi connectivity index (χ1n) is 6.23. The van der Waals surface area contributed by atoms with E-state index in [2.05, 4.69) is 20.8 Å². The lowest BCUT2D eigenvalue weighted by molar-refractivity contribution is 0.0510. The summed E-state index contributed by atoms with van der Waals surface area (Å²) in [6, 6.07) is 1.67. The molecule has 6 heteroatoms. The summed E-state index contributed by atoms with van der Waals surface area (Å²) in [4.78, 5) is 11.9. The molecule has 1 fully saturated rings. The van der Waals surface area contributed by atoms with Crippen molar-refractivity contribution < 1.29 is 9.53 Å². The van der Waals surface area contributed by atoms with Crippen LogP contribution in [0.1, 0.15) is 23.3 Å². The van der Waals surface area contributed by atoms with Gasteiger partial charge in [0.25, 0.3) is 5.91 Å². The molecule has 1 aromatic rings. The minimum Gasteiger partial charge on any atom is -0.384 e. The molecule has 1 aliphatic heterocycles. The van der Waals surface area contributed by atoms with E-state index in [0.717, 1.165) is 25.9 Å². The summed E-state index contributed by atoms with van der Waals surface area (Å²) in [5, 5.41) is 12.7. The van der Waals surface area contributed by atoms with Gasteiger partial charge >= 0.3 is 0 Å². The zero-order valence-electron chi connectivity index (χ0n) is 10.7. The van der Waals surface area contributed by atoms with Crippen LogP contribution in [0.2, 0.25) is 0 Å². The van der Waals surface area contributed by atoms with Crippen LogP contribution in [-0.4, -0.2) is 49.5 Å². The number of piperidine rings is 1. The van der Waals surface area contributed by atoms with Crippen LogP contribution in [0.25, 0.3) is 0 Å². The van der Waals surface area contributed by atoms with E-state index < -0.39 is 0 Å². The Morgan fingerprint density at radius 1 is 1.56 bits per heavy atom. The Kier molecular flexibility index (Phi) is 4.33. The summed E-state index contributed by atoms with van der Waals surface area (Å²) in [5.74, 6) is -0.110. The predicted molar refractivity (Wildman–Crippen MR) is 67.3 cm³/mol. The number of hydrogen-bond donors (Lipinski definition) is 3. The van der Waals surface area contributed by atoms with Crippen molar-refractivity contribution in [1.82, 2.24) is 20.8 Å². The standard InChI is InChI=1S/C12H20N4O2/c1-18-9-12(3-6-13-7-4-12)8-14-11(17)10-2-5-15-16-10/h2,5,13H,3-4,6-9H2,1H3,(H,14,17)(H,15,16). The third-order valence-corrected chi connectivity index (χ3v) is 3.48. The lowest BCUT2D eigenvalue weighted by Crippen LogP contribution is -2.47. The number of aromatic nitrogens is 2. The zero-order valence-corrected chi connectivity index (χ0v) is 10.7. The Balaban J connectivity index is 1.91. The van der Waals surface area contributed by atoms with E-state index in [4.69, 9.17) is 4.74 Å². The fourth-order valence-electron chi connectivity index (χ4n) is 2.38. The van der Waals surface area contributed by atoms with Gasteiger partial charge in [-0.1, -0.05) is 0 Å². The van der Waals surface area contributed by atoms with Crippen LogP contribution in [0, 0.1) is 5.41 Å². The fraction of sp³-hybridized carbons (Fsp3) is 0.667. The molecule has 1 aromatic heterocycles. The average molecular weight is 252 g/mol. The number of nitrogens with one attached hydrogen (secondary N) is 3. The molecular formula is C12H20N4O2. The summed E-state index contributed by atoms with van der Waals surface area (Å²) >= 11 is 0. The molecule has 1 amide bonds. The third kappa shape index (κ3) is 3.08. The van der Waals surface area contributed by atoms with E-state index in [1.165, 1.54) is 0 Å². The Morgan fingerprint density at radius 3 is 2.94 bits per heavy atom. The van der Waals surface area contributed by atoms with Crippen LogP contribution in [0.5, 0.6) is 0 Å². The molecule has 0 aromatic carbocycles. The maximum atomic E-state index is 11.9. The Morgan fingerprint density at radius 2 is 2.33 bits per heavy atom. The van der Waals surface area contributed by atoms with Gasteiger partial charge in [0.1, 0.15) is 5.69 Å². The monoisotopic (exact) mass is 252 g/mol. The summed E-state index contributed by atoms with van der Waals surface area (Å²) in [5.41, 5.74) is 0.548. The number of amides is 1. The summed E-state index contributed by atoms with van der Waals surface area (Å²) in [6.07, 6.45) is 3.61. The smallest absolute Gasteiger partial charge is 0.269 e. The number of H-pyrrole nitrogens is 1. The highest BCUT2D eigenvalue weighted by Crippen LogP contribution is 2.28. The van der Waals surface area contributed by atoms with Crippen molar-refractivity contribution in [2.24, 2.45) is 5.41 Å². The van der Waals surface area contributed by atoms with Crippen molar-refractivity contribution in [2.45, 2.75) is 12.8 Å². The van der Waals surface area contributed by atoms with Gasteiger partial charge in [0.05, 0.1) is 6.61 Å². The summed E-state index contributed by atoms with van der Waals surface area (Å²) in [6.45, 7) is 3.27. The topological polar surface area (TPSA) is 79.0 Å². The molecule has 6 nitrogen and oxygen atoms in total. The van der Waals surface area contributed by atoms with E-state index >= 15 is 0 Å². The van der Waals surface area contributed by atoms with Crippen molar-refractivity contribution in [2.75, 3.05) is 33.4 Å². The molecule has 0 bridgehead atoms. The number of methoxy groups -OCH3 is 1. The average Bonchev–Trinajstić information content (AvgIpc) is 2.91. The van der Waals surface area contributed by atoms with Crippen molar-refractivity contribution in [3.05, 3.63) is 18.0 Å². The van der Waals surface area contributed by atoms with E-state index in [-0.39, 0.29) is 11.3 Å². The van der Waals surface area contributed by atoms with Crippen LogP contribution in [0.3, 0.4) is 0 Å². The van der Waals surface area contributed by atoms with Gasteiger partial charge < -0.3 is 15.4 Å². The minimum atomic E-state index is -0.110. The lowest BCUT2D eigenvalue weighted by Gasteiger charge is -2.37. The number of nitrogens with zero attached hydrogens (tertiary/aromatic N) is 1. The maximum absolute atomic E-state index is 11.9. The quantitative estimate of drug-likeness (QED) is 0.697. The Bertz CT molecular complexity index is 366. The molecule has 3 N–H and O–H groups in total. The lowest BCUT2D eigenvalue weighted by atomic mass is 9.79. The van der Waals surface area contributed by atoms with Gasteiger partial charge in [-0.25, -0.2) is 0 Å². The van der Waals surface area contributed by atoms with Crippen molar-refractivity contribution in [1.29, 1.82) is 0 Å². The van der Waals surface area contributed by atoms with E-state index in [9.17, 15) is 4.79 Å². The number of hydrogen-bond acceptors (Lipinski definition) is 4. The zero-order chi connectivity index (χ0) is 12.8. The molecule has 0 radical (unpaired) electrons. The number of carbonyl (C=O) groups is 1. The van der Waals surface area contributed by atoms with Crippen molar-refractivity contribution in [3.63, 3.8) is 0 Å². The first-order valence-corrected chi connectivity index (χ1v) is 6.23. The number of ether oxygens (including phenoxy) is 1. The van der Waals surface area contributed by atoms with Crippen LogP contribution in [0.15, 0.2) is 12.3 Å². The number of aromatic amines is 1. The van der Waals surface area contributed by atoms with Gasteiger partial charge in [-0.3, -0.25) is 9.89 Å². The number of rotatable bonds is 5. The van der Waals surface area contributed by atoms with E-state index in [1.54, 1.807) is 19.4 Å². The predicted octanol–water partition coefficient (Wildman–Crippen LogP) is 0.156. The minimum absolute atomic E-state index is 0.0513.